The summed E-state index contributed by atoms with van der Waals surface area (Å²) in [6, 6.07) is 13.5. The number of benzene rings is 1. The van der Waals surface area contributed by atoms with E-state index in [-0.39, 0.29) is 11.9 Å². The Balaban J connectivity index is 1.46. The van der Waals surface area contributed by atoms with Crippen LogP contribution >= 0.6 is 11.3 Å². The summed E-state index contributed by atoms with van der Waals surface area (Å²) >= 11 is 1.59. The summed E-state index contributed by atoms with van der Waals surface area (Å²) in [6.07, 6.45) is 3.15. The van der Waals surface area contributed by atoms with Gasteiger partial charge in [-0.3, -0.25) is 9.48 Å². The molecule has 0 aliphatic heterocycles. The predicted molar refractivity (Wildman–Crippen MR) is 124 cm³/mol. The summed E-state index contributed by atoms with van der Waals surface area (Å²) < 4.78 is 3.42. The lowest BCUT2D eigenvalue weighted by molar-refractivity contribution is 0.0941. The fourth-order valence-electron chi connectivity index (χ4n) is 3.79. The van der Waals surface area contributed by atoms with Crippen LogP contribution in [0.2, 0.25) is 0 Å². The summed E-state index contributed by atoms with van der Waals surface area (Å²) in [6.45, 7) is 3.87. The van der Waals surface area contributed by atoms with Crippen molar-refractivity contribution in [2.45, 2.75) is 19.9 Å². The van der Waals surface area contributed by atoms with E-state index in [0.29, 0.717) is 11.2 Å². The highest BCUT2D eigenvalue weighted by atomic mass is 32.1. The number of rotatable bonds is 5. The van der Waals surface area contributed by atoms with Gasteiger partial charge in [-0.05, 0) is 49.1 Å². The van der Waals surface area contributed by atoms with Gasteiger partial charge >= 0.3 is 0 Å². The Morgan fingerprint density at radius 3 is 2.69 bits per heavy atom. The first kappa shape index (κ1) is 20.1. The Morgan fingerprint density at radius 1 is 1.19 bits per heavy atom. The van der Waals surface area contributed by atoms with Gasteiger partial charge in [0.1, 0.15) is 12.7 Å². The maximum Gasteiger partial charge on any atom is 0.252 e. The SMILES string of the molecule is Cc1nn(C)c2nc(-c3cccs3)cc(C(=O)NC(C)c3ccc(-n4cncn4)cc3)c12. The fraction of sp³-hybridized carbons (Fsp3) is 0.174. The minimum absolute atomic E-state index is 0.154. The Kier molecular flexibility index (Phi) is 5.02. The van der Waals surface area contributed by atoms with Crippen molar-refractivity contribution in [1.82, 2.24) is 34.8 Å². The van der Waals surface area contributed by atoms with E-state index >= 15 is 0 Å². The van der Waals surface area contributed by atoms with Crippen molar-refractivity contribution < 1.29 is 4.79 Å². The van der Waals surface area contributed by atoms with E-state index in [9.17, 15) is 4.79 Å². The second-order valence-electron chi connectivity index (χ2n) is 7.57. The zero-order valence-electron chi connectivity index (χ0n) is 17.9. The van der Waals surface area contributed by atoms with Crippen molar-refractivity contribution in [3.63, 3.8) is 0 Å². The van der Waals surface area contributed by atoms with Crippen LogP contribution in [0.1, 0.15) is 34.6 Å². The number of thiophene rings is 1. The van der Waals surface area contributed by atoms with Crippen molar-refractivity contribution in [3.05, 3.63) is 77.3 Å². The summed E-state index contributed by atoms with van der Waals surface area (Å²) in [5.74, 6) is -0.154. The van der Waals surface area contributed by atoms with Gasteiger partial charge in [-0.1, -0.05) is 18.2 Å². The lowest BCUT2D eigenvalue weighted by Gasteiger charge is -2.16. The number of aromatic nitrogens is 6. The third-order valence-electron chi connectivity index (χ3n) is 5.41. The van der Waals surface area contributed by atoms with Crippen molar-refractivity contribution >= 4 is 28.3 Å². The van der Waals surface area contributed by atoms with Gasteiger partial charge in [-0.15, -0.1) is 11.3 Å². The number of carbonyl (C=O) groups excluding carboxylic acids is 1. The van der Waals surface area contributed by atoms with Gasteiger partial charge in [-0.2, -0.15) is 10.2 Å². The molecule has 0 radical (unpaired) electrons. The van der Waals surface area contributed by atoms with Crippen LogP contribution in [0.4, 0.5) is 0 Å². The lowest BCUT2D eigenvalue weighted by Crippen LogP contribution is -2.27. The van der Waals surface area contributed by atoms with Crippen LogP contribution < -0.4 is 5.32 Å². The summed E-state index contributed by atoms with van der Waals surface area (Å²) in [5.41, 5.74) is 4.73. The molecule has 4 heterocycles. The molecule has 0 bridgehead atoms. The van der Waals surface area contributed by atoms with Crippen LogP contribution in [0.25, 0.3) is 27.3 Å². The molecule has 160 valence electrons. The zero-order valence-corrected chi connectivity index (χ0v) is 18.7. The number of fused-ring (bicyclic) bond motifs is 1. The van der Waals surface area contributed by atoms with E-state index in [1.165, 1.54) is 6.33 Å². The highest BCUT2D eigenvalue weighted by molar-refractivity contribution is 7.13. The fourth-order valence-corrected chi connectivity index (χ4v) is 4.48. The first-order chi connectivity index (χ1) is 15.5. The number of pyridine rings is 1. The molecule has 5 aromatic rings. The van der Waals surface area contributed by atoms with Crippen molar-refractivity contribution in [3.8, 4) is 16.3 Å². The second kappa shape index (κ2) is 8.01. The van der Waals surface area contributed by atoms with Gasteiger partial charge in [0.05, 0.1) is 38.9 Å². The largest absolute Gasteiger partial charge is 0.345 e. The first-order valence-corrected chi connectivity index (χ1v) is 11.0. The molecule has 1 unspecified atom stereocenters. The molecule has 0 aliphatic carbocycles. The molecule has 9 heteroatoms. The Labute approximate surface area is 188 Å². The number of nitrogens with one attached hydrogen (secondary N) is 1. The number of aryl methyl sites for hydroxylation is 2. The van der Waals surface area contributed by atoms with E-state index in [0.717, 1.165) is 32.9 Å². The molecule has 5 rings (SSSR count). The first-order valence-electron chi connectivity index (χ1n) is 10.2. The lowest BCUT2D eigenvalue weighted by atomic mass is 10.1. The van der Waals surface area contributed by atoms with E-state index in [4.69, 9.17) is 4.98 Å². The summed E-state index contributed by atoms with van der Waals surface area (Å²) in [4.78, 5) is 23.1. The van der Waals surface area contributed by atoms with Crippen LogP contribution in [0, 0.1) is 6.92 Å². The number of carbonyl (C=O) groups is 1. The summed E-state index contributed by atoms with van der Waals surface area (Å²) in [7, 11) is 1.85. The van der Waals surface area contributed by atoms with E-state index in [1.54, 1.807) is 27.0 Å². The quantitative estimate of drug-likeness (QED) is 0.442. The van der Waals surface area contributed by atoms with Crippen LogP contribution in [-0.4, -0.2) is 35.4 Å². The minimum atomic E-state index is -0.183. The van der Waals surface area contributed by atoms with E-state index < -0.39 is 0 Å². The van der Waals surface area contributed by atoms with Crippen molar-refractivity contribution in [2.24, 2.45) is 7.05 Å². The van der Waals surface area contributed by atoms with Gasteiger partial charge in [0.15, 0.2) is 5.65 Å². The zero-order chi connectivity index (χ0) is 22.2. The molecule has 1 aromatic carbocycles. The van der Waals surface area contributed by atoms with Gasteiger partial charge in [-0.25, -0.2) is 14.6 Å². The maximum absolute atomic E-state index is 13.4. The molecule has 32 heavy (non-hydrogen) atoms. The van der Waals surface area contributed by atoms with Gasteiger partial charge in [0.2, 0.25) is 0 Å². The number of nitrogens with zero attached hydrogens (tertiary/aromatic N) is 6. The van der Waals surface area contributed by atoms with Crippen LogP contribution in [0.3, 0.4) is 0 Å². The van der Waals surface area contributed by atoms with E-state index in [2.05, 4.69) is 20.5 Å². The predicted octanol–water partition coefficient (Wildman–Crippen LogP) is 4.08. The molecule has 0 saturated carbocycles. The van der Waals surface area contributed by atoms with E-state index in [1.807, 2.05) is 68.7 Å². The Bertz CT molecular complexity index is 1390. The van der Waals surface area contributed by atoms with Crippen LogP contribution in [0.15, 0.2) is 60.5 Å². The number of amides is 1. The van der Waals surface area contributed by atoms with Crippen LogP contribution in [-0.2, 0) is 7.05 Å². The topological polar surface area (TPSA) is 90.5 Å². The van der Waals surface area contributed by atoms with Gasteiger partial charge in [0, 0.05) is 7.05 Å². The smallest absolute Gasteiger partial charge is 0.252 e. The average Bonchev–Trinajstić information content (AvgIpc) is 3.56. The standard InChI is InChI=1S/C23H21N7OS/c1-14(16-6-8-17(9-7-16)30-13-24-12-25-30)26-23(31)18-11-19(20-5-4-10-32-20)27-22-21(18)15(2)28-29(22)3/h4-14H,1-3H3,(H,26,31). The number of hydrogen-bond acceptors (Lipinski definition) is 6. The molecule has 0 spiro atoms. The van der Waals surface area contributed by atoms with Crippen molar-refractivity contribution in [1.29, 1.82) is 0 Å². The summed E-state index contributed by atoms with van der Waals surface area (Å²) in [5, 5.41) is 14.5. The monoisotopic (exact) mass is 443 g/mol. The molecule has 0 saturated heterocycles. The molecule has 1 atom stereocenters. The molecule has 8 nitrogen and oxygen atoms in total. The van der Waals surface area contributed by atoms with Crippen molar-refractivity contribution in [2.75, 3.05) is 0 Å². The average molecular weight is 444 g/mol. The Hall–Kier alpha value is -3.85. The number of hydrogen-bond donors (Lipinski definition) is 1. The van der Waals surface area contributed by atoms with Gasteiger partial charge in [0.25, 0.3) is 5.91 Å². The molecule has 0 aliphatic rings. The molecule has 4 aromatic heterocycles. The third kappa shape index (κ3) is 3.56. The molecular formula is C23H21N7OS. The van der Waals surface area contributed by atoms with Crippen LogP contribution in [0.5, 0.6) is 0 Å². The minimum Gasteiger partial charge on any atom is -0.345 e. The highest BCUT2D eigenvalue weighted by Gasteiger charge is 2.21. The third-order valence-corrected chi connectivity index (χ3v) is 6.30. The molecule has 1 amide bonds. The second-order valence-corrected chi connectivity index (χ2v) is 8.51. The maximum atomic E-state index is 13.4. The molecule has 1 N–H and O–H groups in total. The normalized spacial score (nSPS) is 12.2. The molecular weight excluding hydrogens is 422 g/mol. The Morgan fingerprint density at radius 2 is 2.00 bits per heavy atom. The highest BCUT2D eigenvalue weighted by Crippen LogP contribution is 2.29. The van der Waals surface area contributed by atoms with Gasteiger partial charge < -0.3 is 5.32 Å². The molecule has 0 fully saturated rings.